The number of nitrogens with zero attached hydrogens (tertiary/aromatic N) is 1. The van der Waals surface area contributed by atoms with Crippen LogP contribution in [0.3, 0.4) is 0 Å². The minimum Gasteiger partial charge on any atom is -0.481 e. The van der Waals surface area contributed by atoms with Crippen molar-refractivity contribution in [3.05, 3.63) is 59.3 Å². The van der Waals surface area contributed by atoms with E-state index in [0.29, 0.717) is 5.88 Å². The van der Waals surface area contributed by atoms with Crippen LogP contribution in [0.5, 0.6) is 5.88 Å². The average Bonchev–Trinajstić information content (AvgIpc) is 2.42. The van der Waals surface area contributed by atoms with Gasteiger partial charge in [-0.15, -0.1) is 0 Å². The quantitative estimate of drug-likeness (QED) is 0.875. The third kappa shape index (κ3) is 3.57. The normalized spacial score (nSPS) is 10.3. The molecule has 0 bridgehead atoms. The molecule has 2 rings (SSSR count). The molecular weight excluding hydrogens is 224 g/mol. The molecule has 18 heavy (non-hydrogen) atoms. The van der Waals surface area contributed by atoms with Crippen molar-refractivity contribution >= 4 is 0 Å². The highest BCUT2D eigenvalue weighted by Crippen LogP contribution is 2.07. The molecule has 0 aliphatic rings. The van der Waals surface area contributed by atoms with E-state index in [-0.39, 0.29) is 0 Å². The summed E-state index contributed by atoms with van der Waals surface area (Å²) in [7, 11) is 1.62. The zero-order valence-electron chi connectivity index (χ0n) is 10.8. The van der Waals surface area contributed by atoms with E-state index in [2.05, 4.69) is 41.5 Å². The molecule has 0 aliphatic heterocycles. The number of hydrogen-bond donors (Lipinski definition) is 1. The van der Waals surface area contributed by atoms with Gasteiger partial charge in [-0.05, 0) is 18.1 Å². The fourth-order valence-electron chi connectivity index (χ4n) is 1.69. The van der Waals surface area contributed by atoms with Gasteiger partial charge in [0.2, 0.25) is 5.88 Å². The van der Waals surface area contributed by atoms with Gasteiger partial charge in [-0.2, -0.15) is 0 Å². The van der Waals surface area contributed by atoms with Gasteiger partial charge in [0.1, 0.15) is 0 Å². The lowest BCUT2D eigenvalue weighted by molar-refractivity contribution is 0.397. The monoisotopic (exact) mass is 242 g/mol. The van der Waals surface area contributed by atoms with E-state index in [4.69, 9.17) is 4.74 Å². The lowest BCUT2D eigenvalue weighted by Gasteiger charge is -2.06. The molecule has 0 unspecified atom stereocenters. The number of benzene rings is 1. The first-order valence-corrected chi connectivity index (χ1v) is 6.03. The number of aromatic nitrogens is 1. The molecule has 0 saturated heterocycles. The fraction of sp³-hybridized carbons (Fsp3) is 0.267. The summed E-state index contributed by atoms with van der Waals surface area (Å²) in [6, 6.07) is 12.5. The van der Waals surface area contributed by atoms with Crippen LogP contribution in [0.1, 0.15) is 16.7 Å². The summed E-state index contributed by atoms with van der Waals surface area (Å²) in [4.78, 5) is 4.17. The molecule has 94 valence electrons. The summed E-state index contributed by atoms with van der Waals surface area (Å²) in [5, 5.41) is 3.39. The Morgan fingerprint density at radius 2 is 1.67 bits per heavy atom. The van der Waals surface area contributed by atoms with Crippen LogP contribution in [0.15, 0.2) is 42.6 Å². The Bertz CT molecular complexity index is 477. The van der Waals surface area contributed by atoms with E-state index in [0.717, 1.165) is 18.7 Å². The molecular formula is C15H18N2O. The van der Waals surface area contributed by atoms with Crippen LogP contribution >= 0.6 is 0 Å². The van der Waals surface area contributed by atoms with Crippen molar-refractivity contribution in [3.63, 3.8) is 0 Å². The predicted molar refractivity (Wildman–Crippen MR) is 72.5 cm³/mol. The third-order valence-corrected chi connectivity index (χ3v) is 2.79. The Morgan fingerprint density at radius 3 is 2.28 bits per heavy atom. The van der Waals surface area contributed by atoms with Gasteiger partial charge in [0, 0.05) is 25.4 Å². The molecule has 1 aromatic carbocycles. The molecule has 0 fully saturated rings. The minimum atomic E-state index is 0.650. The molecule has 0 spiro atoms. The summed E-state index contributed by atoms with van der Waals surface area (Å²) < 4.78 is 5.02. The van der Waals surface area contributed by atoms with Gasteiger partial charge in [-0.1, -0.05) is 35.9 Å². The fourth-order valence-corrected chi connectivity index (χ4v) is 1.69. The molecule has 0 aliphatic carbocycles. The highest BCUT2D eigenvalue weighted by atomic mass is 16.5. The Balaban J connectivity index is 1.82. The Morgan fingerprint density at radius 1 is 1.00 bits per heavy atom. The van der Waals surface area contributed by atoms with Gasteiger partial charge in [0.05, 0.1) is 7.11 Å². The lowest BCUT2D eigenvalue weighted by atomic mass is 10.1. The van der Waals surface area contributed by atoms with E-state index >= 15 is 0 Å². The summed E-state index contributed by atoms with van der Waals surface area (Å²) in [5.74, 6) is 0.650. The first kappa shape index (κ1) is 12.6. The zero-order chi connectivity index (χ0) is 12.8. The maximum atomic E-state index is 5.02. The van der Waals surface area contributed by atoms with E-state index in [1.807, 2.05) is 18.3 Å². The van der Waals surface area contributed by atoms with Crippen molar-refractivity contribution in [2.75, 3.05) is 7.11 Å². The van der Waals surface area contributed by atoms with Gasteiger partial charge in [-0.25, -0.2) is 4.98 Å². The van der Waals surface area contributed by atoms with Crippen LogP contribution in [0.2, 0.25) is 0 Å². The third-order valence-electron chi connectivity index (χ3n) is 2.79. The molecule has 1 heterocycles. The van der Waals surface area contributed by atoms with Crippen LogP contribution < -0.4 is 10.1 Å². The van der Waals surface area contributed by atoms with Gasteiger partial charge in [-0.3, -0.25) is 0 Å². The average molecular weight is 242 g/mol. The van der Waals surface area contributed by atoms with E-state index in [9.17, 15) is 0 Å². The number of pyridine rings is 1. The molecule has 3 heteroatoms. The van der Waals surface area contributed by atoms with E-state index in [1.54, 1.807) is 7.11 Å². The van der Waals surface area contributed by atoms with Gasteiger partial charge < -0.3 is 10.1 Å². The molecule has 1 N–H and O–H groups in total. The largest absolute Gasteiger partial charge is 0.481 e. The van der Waals surface area contributed by atoms with E-state index < -0.39 is 0 Å². The summed E-state index contributed by atoms with van der Waals surface area (Å²) >= 11 is 0. The van der Waals surface area contributed by atoms with Crippen LogP contribution in [-0.4, -0.2) is 12.1 Å². The van der Waals surface area contributed by atoms with E-state index in [1.165, 1.54) is 11.1 Å². The summed E-state index contributed by atoms with van der Waals surface area (Å²) in [5.41, 5.74) is 3.74. The smallest absolute Gasteiger partial charge is 0.212 e. The molecule has 2 aromatic rings. The van der Waals surface area contributed by atoms with Crippen LogP contribution in [0.25, 0.3) is 0 Å². The molecule has 0 atom stereocenters. The minimum absolute atomic E-state index is 0.650. The number of aryl methyl sites for hydroxylation is 1. The Kier molecular flexibility index (Phi) is 4.31. The van der Waals surface area contributed by atoms with Crippen molar-refractivity contribution in [3.8, 4) is 5.88 Å². The van der Waals surface area contributed by atoms with Gasteiger partial charge in [0.25, 0.3) is 0 Å². The SMILES string of the molecule is COc1ccc(CNCc2ccc(C)cc2)cn1. The molecule has 0 saturated carbocycles. The Hall–Kier alpha value is -1.87. The van der Waals surface area contributed by atoms with Crippen LogP contribution in [0, 0.1) is 6.92 Å². The predicted octanol–water partition coefficient (Wildman–Crippen LogP) is 2.69. The van der Waals surface area contributed by atoms with Crippen LogP contribution in [0.4, 0.5) is 0 Å². The lowest BCUT2D eigenvalue weighted by Crippen LogP contribution is -2.12. The number of rotatable bonds is 5. The van der Waals surface area contributed by atoms with Gasteiger partial charge in [0.15, 0.2) is 0 Å². The second-order valence-corrected chi connectivity index (χ2v) is 4.30. The zero-order valence-corrected chi connectivity index (χ0v) is 10.8. The van der Waals surface area contributed by atoms with Gasteiger partial charge >= 0.3 is 0 Å². The molecule has 0 radical (unpaired) electrons. The Labute approximate surface area is 108 Å². The maximum absolute atomic E-state index is 5.02. The van der Waals surface area contributed by atoms with Crippen LogP contribution in [-0.2, 0) is 13.1 Å². The topological polar surface area (TPSA) is 34.1 Å². The number of nitrogens with one attached hydrogen (secondary N) is 1. The standard InChI is InChI=1S/C15H18N2O/c1-12-3-5-13(6-4-12)9-16-10-14-7-8-15(18-2)17-11-14/h3-8,11,16H,9-10H2,1-2H3. The van der Waals surface area contributed by atoms with Crippen molar-refractivity contribution in [2.45, 2.75) is 20.0 Å². The van der Waals surface area contributed by atoms with Crippen molar-refractivity contribution < 1.29 is 4.74 Å². The molecule has 0 amide bonds. The molecule has 3 nitrogen and oxygen atoms in total. The second kappa shape index (κ2) is 6.17. The highest BCUT2D eigenvalue weighted by molar-refractivity contribution is 5.21. The highest BCUT2D eigenvalue weighted by Gasteiger charge is 1.96. The summed E-state index contributed by atoms with van der Waals surface area (Å²) in [6.45, 7) is 3.78. The molecule has 1 aromatic heterocycles. The first-order chi connectivity index (χ1) is 8.78. The number of methoxy groups -OCH3 is 1. The first-order valence-electron chi connectivity index (χ1n) is 6.03. The van der Waals surface area contributed by atoms with Crippen molar-refractivity contribution in [1.82, 2.24) is 10.3 Å². The summed E-state index contributed by atoms with van der Waals surface area (Å²) in [6.07, 6.45) is 1.83. The van der Waals surface area contributed by atoms with Crippen molar-refractivity contribution in [1.29, 1.82) is 0 Å². The second-order valence-electron chi connectivity index (χ2n) is 4.30. The van der Waals surface area contributed by atoms with Crippen molar-refractivity contribution in [2.24, 2.45) is 0 Å². The maximum Gasteiger partial charge on any atom is 0.212 e. The number of ether oxygens (including phenoxy) is 1. The number of hydrogen-bond acceptors (Lipinski definition) is 3.